The van der Waals surface area contributed by atoms with Crippen molar-refractivity contribution in [2.75, 3.05) is 0 Å². The van der Waals surface area contributed by atoms with Crippen molar-refractivity contribution in [1.82, 2.24) is 18.7 Å². The molecule has 0 atom stereocenters. The van der Waals surface area contributed by atoms with Crippen LogP contribution in [0.5, 0.6) is 0 Å². The van der Waals surface area contributed by atoms with Crippen LogP contribution in [0.25, 0.3) is 0 Å². The van der Waals surface area contributed by atoms with Crippen LogP contribution in [0.15, 0.2) is 35.9 Å². The van der Waals surface area contributed by atoms with E-state index in [-0.39, 0.29) is 5.69 Å². The maximum Gasteiger partial charge on any atom is 0.328 e. The van der Waals surface area contributed by atoms with Gasteiger partial charge in [-0.1, -0.05) is 0 Å². The molecule has 0 aliphatic carbocycles. The lowest BCUT2D eigenvalue weighted by molar-refractivity contribution is 0.543. The van der Waals surface area contributed by atoms with E-state index < -0.39 is 0 Å². The molecule has 0 fully saturated rings. The van der Waals surface area contributed by atoms with Crippen molar-refractivity contribution in [1.29, 1.82) is 0 Å². The third-order valence-electron chi connectivity index (χ3n) is 2.63. The summed E-state index contributed by atoms with van der Waals surface area (Å²) in [5, 5.41) is 0. The van der Waals surface area contributed by atoms with Crippen molar-refractivity contribution in [3.63, 3.8) is 0 Å². The van der Waals surface area contributed by atoms with Gasteiger partial charge < -0.3 is 4.57 Å². The summed E-state index contributed by atoms with van der Waals surface area (Å²) in [5.41, 5.74) is 0.0770. The van der Waals surface area contributed by atoms with Crippen LogP contribution in [0, 0.1) is 0 Å². The zero-order valence-electron chi connectivity index (χ0n) is 9.41. The minimum atomic E-state index is 0.0770. The molecule has 5 nitrogen and oxygen atoms in total. The second-order valence-electron chi connectivity index (χ2n) is 3.71. The monoisotopic (exact) mass is 220 g/mol. The Balaban J connectivity index is 1.90. The Bertz CT molecular complexity index is 480. The Morgan fingerprint density at radius 3 is 2.62 bits per heavy atom. The molecule has 16 heavy (non-hydrogen) atoms. The van der Waals surface area contributed by atoms with Crippen molar-refractivity contribution >= 4 is 0 Å². The number of nitrogens with zero attached hydrogens (tertiary/aromatic N) is 4. The number of aromatic nitrogens is 4. The predicted octanol–water partition coefficient (Wildman–Crippen LogP) is 0.956. The fourth-order valence-electron chi connectivity index (χ4n) is 1.71. The SMILES string of the molecule is CCn1ccn(CCCn2ccnc2)c1=O. The van der Waals surface area contributed by atoms with Crippen LogP contribution in [0.2, 0.25) is 0 Å². The van der Waals surface area contributed by atoms with Gasteiger partial charge >= 0.3 is 5.69 Å². The van der Waals surface area contributed by atoms with Crippen LogP contribution < -0.4 is 5.69 Å². The number of imidazole rings is 2. The van der Waals surface area contributed by atoms with Crippen LogP contribution in [-0.4, -0.2) is 18.7 Å². The van der Waals surface area contributed by atoms with E-state index in [0.717, 1.165) is 26.1 Å². The molecule has 0 aromatic carbocycles. The summed E-state index contributed by atoms with van der Waals surface area (Å²) >= 11 is 0. The topological polar surface area (TPSA) is 44.8 Å². The van der Waals surface area contributed by atoms with Gasteiger partial charge in [-0.05, 0) is 13.3 Å². The molecule has 5 heteroatoms. The van der Waals surface area contributed by atoms with E-state index in [4.69, 9.17) is 0 Å². The lowest BCUT2D eigenvalue weighted by Gasteiger charge is -2.02. The van der Waals surface area contributed by atoms with Gasteiger partial charge in [-0.15, -0.1) is 0 Å². The average molecular weight is 220 g/mol. The van der Waals surface area contributed by atoms with Gasteiger partial charge in [0.05, 0.1) is 6.33 Å². The van der Waals surface area contributed by atoms with Crippen LogP contribution >= 0.6 is 0 Å². The predicted molar refractivity (Wildman–Crippen MR) is 61.2 cm³/mol. The molecule has 0 saturated heterocycles. The summed E-state index contributed by atoms with van der Waals surface area (Å²) in [4.78, 5) is 15.7. The van der Waals surface area contributed by atoms with Gasteiger partial charge in [0, 0.05) is 44.4 Å². The number of rotatable bonds is 5. The molecule has 0 spiro atoms. The first kappa shape index (κ1) is 10.7. The maximum atomic E-state index is 11.7. The third-order valence-corrected chi connectivity index (χ3v) is 2.63. The normalized spacial score (nSPS) is 10.8. The molecule has 2 aromatic heterocycles. The minimum absolute atomic E-state index is 0.0770. The van der Waals surface area contributed by atoms with Gasteiger partial charge in [-0.2, -0.15) is 0 Å². The third kappa shape index (κ3) is 2.24. The van der Waals surface area contributed by atoms with Gasteiger partial charge in [0.25, 0.3) is 0 Å². The van der Waals surface area contributed by atoms with E-state index >= 15 is 0 Å². The van der Waals surface area contributed by atoms with E-state index in [2.05, 4.69) is 4.98 Å². The highest BCUT2D eigenvalue weighted by atomic mass is 16.1. The van der Waals surface area contributed by atoms with E-state index in [1.54, 1.807) is 21.7 Å². The highest BCUT2D eigenvalue weighted by Gasteiger charge is 2.00. The summed E-state index contributed by atoms with van der Waals surface area (Å²) in [7, 11) is 0. The van der Waals surface area contributed by atoms with Crippen molar-refractivity contribution in [2.24, 2.45) is 0 Å². The largest absolute Gasteiger partial charge is 0.337 e. The molecule has 2 heterocycles. The summed E-state index contributed by atoms with van der Waals surface area (Å²) in [6.07, 6.45) is 10.1. The van der Waals surface area contributed by atoms with Gasteiger partial charge in [0.2, 0.25) is 0 Å². The number of hydrogen-bond acceptors (Lipinski definition) is 2. The van der Waals surface area contributed by atoms with Crippen molar-refractivity contribution in [3.05, 3.63) is 41.6 Å². The Kier molecular flexibility index (Phi) is 3.24. The average Bonchev–Trinajstić information content (AvgIpc) is 2.90. The maximum absolute atomic E-state index is 11.7. The molecule has 0 saturated carbocycles. The van der Waals surface area contributed by atoms with E-state index in [9.17, 15) is 4.79 Å². The highest BCUT2D eigenvalue weighted by molar-refractivity contribution is 4.81. The van der Waals surface area contributed by atoms with Crippen molar-refractivity contribution in [2.45, 2.75) is 33.0 Å². The van der Waals surface area contributed by atoms with Crippen LogP contribution in [0.3, 0.4) is 0 Å². The Labute approximate surface area is 94.0 Å². The lowest BCUT2D eigenvalue weighted by atomic mass is 10.4. The molecule has 0 aliphatic rings. The van der Waals surface area contributed by atoms with Crippen molar-refractivity contribution in [3.8, 4) is 0 Å². The second-order valence-corrected chi connectivity index (χ2v) is 3.71. The van der Waals surface area contributed by atoms with Crippen LogP contribution in [0.4, 0.5) is 0 Å². The number of aryl methyl sites for hydroxylation is 3. The molecule has 0 amide bonds. The molecule has 0 N–H and O–H groups in total. The number of hydrogen-bond donors (Lipinski definition) is 0. The van der Waals surface area contributed by atoms with Crippen LogP contribution in [-0.2, 0) is 19.6 Å². The molecular weight excluding hydrogens is 204 g/mol. The summed E-state index contributed by atoms with van der Waals surface area (Å²) in [5.74, 6) is 0. The van der Waals surface area contributed by atoms with E-state index in [0.29, 0.717) is 0 Å². The van der Waals surface area contributed by atoms with Gasteiger partial charge in [0.15, 0.2) is 0 Å². The molecule has 2 rings (SSSR count). The smallest absolute Gasteiger partial charge is 0.328 e. The Morgan fingerprint density at radius 1 is 1.19 bits per heavy atom. The minimum Gasteiger partial charge on any atom is -0.337 e. The van der Waals surface area contributed by atoms with Gasteiger partial charge in [-0.25, -0.2) is 9.78 Å². The summed E-state index contributed by atoms with van der Waals surface area (Å²) in [6.45, 7) is 4.35. The first-order valence-electron chi connectivity index (χ1n) is 5.52. The molecule has 0 bridgehead atoms. The first-order valence-corrected chi connectivity index (χ1v) is 5.52. The van der Waals surface area contributed by atoms with Crippen molar-refractivity contribution < 1.29 is 0 Å². The zero-order valence-corrected chi connectivity index (χ0v) is 9.41. The van der Waals surface area contributed by atoms with Crippen LogP contribution in [0.1, 0.15) is 13.3 Å². The quantitative estimate of drug-likeness (QED) is 0.753. The fourth-order valence-corrected chi connectivity index (χ4v) is 1.71. The highest BCUT2D eigenvalue weighted by Crippen LogP contribution is 1.94. The molecule has 2 aromatic rings. The molecular formula is C11H16N4O. The molecule has 0 aliphatic heterocycles. The molecule has 0 unspecified atom stereocenters. The zero-order chi connectivity index (χ0) is 11.4. The summed E-state index contributed by atoms with van der Waals surface area (Å²) < 4.78 is 5.47. The first-order chi connectivity index (χ1) is 7.81. The van der Waals surface area contributed by atoms with Gasteiger partial charge in [0.1, 0.15) is 0 Å². The van der Waals surface area contributed by atoms with E-state index in [1.165, 1.54) is 0 Å². The summed E-state index contributed by atoms with van der Waals surface area (Å²) in [6, 6.07) is 0. The molecule has 0 radical (unpaired) electrons. The standard InChI is InChI=1S/C11H16N4O/c1-2-14-8-9-15(11(14)16)6-3-5-13-7-4-12-10-13/h4,7-10H,2-3,5-6H2,1H3. The Morgan fingerprint density at radius 2 is 2.00 bits per heavy atom. The molecule has 86 valence electrons. The van der Waals surface area contributed by atoms with Gasteiger partial charge in [-0.3, -0.25) is 9.13 Å². The fraction of sp³-hybridized carbons (Fsp3) is 0.455. The second kappa shape index (κ2) is 4.83. The van der Waals surface area contributed by atoms with E-state index in [1.807, 2.05) is 30.1 Å². The lowest BCUT2D eigenvalue weighted by Crippen LogP contribution is -2.23. The Hall–Kier alpha value is -1.78.